The predicted molar refractivity (Wildman–Crippen MR) is 53.6 cm³/mol. The summed E-state index contributed by atoms with van der Waals surface area (Å²) in [6, 6.07) is 0. The fourth-order valence-corrected chi connectivity index (χ4v) is 1.69. The summed E-state index contributed by atoms with van der Waals surface area (Å²) in [5.41, 5.74) is 1.11. The maximum absolute atomic E-state index is 9.78. The van der Waals surface area contributed by atoms with E-state index in [1.807, 2.05) is 0 Å². The van der Waals surface area contributed by atoms with Crippen LogP contribution in [0.15, 0.2) is 12.2 Å². The molecule has 1 saturated heterocycles. The van der Waals surface area contributed by atoms with E-state index in [2.05, 4.69) is 20.4 Å². The van der Waals surface area contributed by atoms with E-state index in [-0.39, 0.29) is 12.2 Å². The van der Waals surface area contributed by atoms with E-state index >= 15 is 0 Å². The number of hydrogen-bond donors (Lipinski definition) is 1. The minimum Gasteiger partial charge on any atom is -0.390 e. The second-order valence-corrected chi connectivity index (χ2v) is 3.94. The molecule has 1 N–H and O–H groups in total. The van der Waals surface area contributed by atoms with Crippen molar-refractivity contribution in [3.05, 3.63) is 12.2 Å². The van der Waals surface area contributed by atoms with Crippen molar-refractivity contribution in [3.8, 4) is 0 Å². The minimum absolute atomic E-state index is 0.0401. The van der Waals surface area contributed by atoms with Crippen molar-refractivity contribution < 1.29 is 9.84 Å². The van der Waals surface area contributed by atoms with Crippen LogP contribution in [0.25, 0.3) is 0 Å². The highest BCUT2D eigenvalue weighted by molar-refractivity contribution is 4.97. The van der Waals surface area contributed by atoms with Crippen LogP contribution in [0.1, 0.15) is 39.5 Å². The lowest BCUT2D eigenvalue weighted by Gasteiger charge is -2.18. The average molecular weight is 184 g/mol. The molecule has 3 unspecified atom stereocenters. The number of aliphatic hydroxyl groups excluding tert-OH is 1. The molecule has 0 bridgehead atoms. The van der Waals surface area contributed by atoms with Gasteiger partial charge in [-0.3, -0.25) is 0 Å². The number of aliphatic hydroxyl groups is 1. The molecule has 0 aliphatic carbocycles. The monoisotopic (exact) mass is 184 g/mol. The Labute approximate surface area is 80.6 Å². The molecule has 0 aromatic heterocycles. The van der Waals surface area contributed by atoms with Crippen molar-refractivity contribution in [3.63, 3.8) is 0 Å². The highest BCUT2D eigenvalue weighted by atomic mass is 16.5. The van der Waals surface area contributed by atoms with Gasteiger partial charge in [-0.1, -0.05) is 19.1 Å². The third-order valence-corrected chi connectivity index (χ3v) is 2.69. The van der Waals surface area contributed by atoms with Crippen molar-refractivity contribution in [2.75, 3.05) is 0 Å². The van der Waals surface area contributed by atoms with E-state index in [1.54, 1.807) is 0 Å². The highest BCUT2D eigenvalue weighted by Crippen LogP contribution is 2.24. The Balaban J connectivity index is 2.31. The van der Waals surface area contributed by atoms with Crippen LogP contribution in [0.2, 0.25) is 0 Å². The number of ether oxygens (including phenoxy) is 1. The Kier molecular flexibility index (Phi) is 3.94. The summed E-state index contributed by atoms with van der Waals surface area (Å²) in [7, 11) is 0. The maximum atomic E-state index is 9.78. The first-order valence-corrected chi connectivity index (χ1v) is 5.13. The van der Waals surface area contributed by atoms with Gasteiger partial charge in [-0.15, -0.1) is 0 Å². The Bertz CT molecular complexity index is 177. The summed E-state index contributed by atoms with van der Waals surface area (Å²) in [5, 5.41) is 9.78. The lowest BCUT2D eigenvalue weighted by molar-refractivity contribution is -0.0279. The molecule has 1 aliphatic rings. The summed E-state index contributed by atoms with van der Waals surface area (Å²) in [5.74, 6) is 0. The van der Waals surface area contributed by atoms with E-state index in [0.29, 0.717) is 12.5 Å². The Morgan fingerprint density at radius 1 is 1.62 bits per heavy atom. The van der Waals surface area contributed by atoms with Crippen LogP contribution in [0.3, 0.4) is 0 Å². The molecule has 1 fully saturated rings. The third kappa shape index (κ3) is 3.12. The lowest BCUT2D eigenvalue weighted by Crippen LogP contribution is -2.26. The molecule has 1 rings (SSSR count). The molecule has 0 saturated carbocycles. The fraction of sp³-hybridized carbons (Fsp3) is 0.818. The molecule has 0 spiro atoms. The molecule has 13 heavy (non-hydrogen) atoms. The number of hydrogen-bond acceptors (Lipinski definition) is 2. The van der Waals surface area contributed by atoms with Gasteiger partial charge in [0.25, 0.3) is 0 Å². The third-order valence-electron chi connectivity index (χ3n) is 2.69. The fourth-order valence-electron chi connectivity index (χ4n) is 1.69. The molecule has 1 aliphatic heterocycles. The van der Waals surface area contributed by atoms with Gasteiger partial charge in [0.2, 0.25) is 0 Å². The number of rotatable bonds is 4. The largest absolute Gasteiger partial charge is 0.390 e. The highest BCUT2D eigenvalue weighted by Gasteiger charge is 2.28. The van der Waals surface area contributed by atoms with E-state index in [1.165, 1.54) is 0 Å². The summed E-state index contributed by atoms with van der Waals surface area (Å²) < 4.78 is 5.58. The zero-order chi connectivity index (χ0) is 9.84. The standard InChI is InChI=1S/C11H20O2/c1-4-8(2)7-10(12)11-6-5-9(3)13-11/h9-12H,2,4-7H2,1,3H3. The van der Waals surface area contributed by atoms with E-state index in [0.717, 1.165) is 24.8 Å². The summed E-state index contributed by atoms with van der Waals surface area (Å²) in [6.07, 6.45) is 3.69. The quantitative estimate of drug-likeness (QED) is 0.679. The van der Waals surface area contributed by atoms with Crippen molar-refractivity contribution >= 4 is 0 Å². The van der Waals surface area contributed by atoms with Gasteiger partial charge >= 0.3 is 0 Å². The molecule has 2 heteroatoms. The first kappa shape index (κ1) is 10.7. The molecule has 76 valence electrons. The zero-order valence-corrected chi connectivity index (χ0v) is 8.62. The second kappa shape index (κ2) is 4.77. The van der Waals surface area contributed by atoms with Crippen LogP contribution in [-0.2, 0) is 4.74 Å². The van der Waals surface area contributed by atoms with E-state index in [4.69, 9.17) is 4.74 Å². The zero-order valence-electron chi connectivity index (χ0n) is 8.62. The Morgan fingerprint density at radius 2 is 2.31 bits per heavy atom. The second-order valence-electron chi connectivity index (χ2n) is 3.94. The first-order chi connectivity index (χ1) is 6.13. The van der Waals surface area contributed by atoms with Gasteiger partial charge in [-0.05, 0) is 32.6 Å². The molecule has 3 atom stereocenters. The van der Waals surface area contributed by atoms with Crippen molar-refractivity contribution in [2.45, 2.75) is 57.8 Å². The van der Waals surface area contributed by atoms with Crippen LogP contribution in [0.5, 0.6) is 0 Å². The van der Waals surface area contributed by atoms with Crippen molar-refractivity contribution in [1.82, 2.24) is 0 Å². The molecule has 0 aromatic rings. The lowest BCUT2D eigenvalue weighted by atomic mass is 10.0. The van der Waals surface area contributed by atoms with Gasteiger partial charge in [0.1, 0.15) is 0 Å². The normalized spacial score (nSPS) is 30.4. The minimum atomic E-state index is -0.350. The Hall–Kier alpha value is -0.340. The van der Waals surface area contributed by atoms with Crippen molar-refractivity contribution in [2.24, 2.45) is 0 Å². The van der Waals surface area contributed by atoms with Crippen molar-refractivity contribution in [1.29, 1.82) is 0 Å². The van der Waals surface area contributed by atoms with Gasteiger partial charge in [0.05, 0.1) is 18.3 Å². The van der Waals surface area contributed by atoms with Crippen LogP contribution in [0.4, 0.5) is 0 Å². The van der Waals surface area contributed by atoms with Gasteiger partial charge in [0, 0.05) is 0 Å². The molecule has 0 radical (unpaired) electrons. The summed E-state index contributed by atoms with van der Waals surface area (Å²) in [6.45, 7) is 8.01. The van der Waals surface area contributed by atoms with Gasteiger partial charge < -0.3 is 9.84 Å². The van der Waals surface area contributed by atoms with Gasteiger partial charge in [-0.25, -0.2) is 0 Å². The topological polar surface area (TPSA) is 29.5 Å². The molecule has 0 amide bonds. The van der Waals surface area contributed by atoms with Gasteiger partial charge in [-0.2, -0.15) is 0 Å². The van der Waals surface area contributed by atoms with E-state index in [9.17, 15) is 5.11 Å². The molecule has 1 heterocycles. The average Bonchev–Trinajstić information content (AvgIpc) is 2.51. The predicted octanol–water partition coefficient (Wildman–Crippen LogP) is 2.27. The molecular formula is C11H20O2. The van der Waals surface area contributed by atoms with E-state index < -0.39 is 0 Å². The summed E-state index contributed by atoms with van der Waals surface area (Å²) >= 11 is 0. The molecule has 0 aromatic carbocycles. The van der Waals surface area contributed by atoms with Crippen LogP contribution in [0, 0.1) is 0 Å². The molecule has 2 nitrogen and oxygen atoms in total. The Morgan fingerprint density at radius 3 is 2.77 bits per heavy atom. The van der Waals surface area contributed by atoms with Crippen LogP contribution in [-0.4, -0.2) is 23.4 Å². The molecular weight excluding hydrogens is 164 g/mol. The van der Waals surface area contributed by atoms with Gasteiger partial charge in [0.15, 0.2) is 0 Å². The van der Waals surface area contributed by atoms with Crippen LogP contribution >= 0.6 is 0 Å². The smallest absolute Gasteiger partial charge is 0.0841 e. The SMILES string of the molecule is C=C(CC)CC(O)C1CCC(C)O1. The first-order valence-electron chi connectivity index (χ1n) is 5.13. The maximum Gasteiger partial charge on any atom is 0.0841 e. The summed E-state index contributed by atoms with van der Waals surface area (Å²) in [4.78, 5) is 0. The van der Waals surface area contributed by atoms with Crippen LogP contribution < -0.4 is 0 Å².